The minimum absolute atomic E-state index is 0.144. The number of nitrogens with zero attached hydrogens (tertiary/aromatic N) is 1. The number of carbonyl (C=O) groups is 1. The molecule has 0 aliphatic rings. The van der Waals surface area contributed by atoms with Crippen LogP contribution in [-0.4, -0.2) is 17.5 Å². The van der Waals surface area contributed by atoms with E-state index in [9.17, 15) is 18.7 Å². The Hall–Kier alpha value is -3.08. The van der Waals surface area contributed by atoms with Gasteiger partial charge in [0.1, 0.15) is 29.2 Å². The fourth-order valence-corrected chi connectivity index (χ4v) is 4.49. The first-order chi connectivity index (χ1) is 19.7. The van der Waals surface area contributed by atoms with Gasteiger partial charge >= 0.3 is 0 Å². The third-order valence-electron chi connectivity index (χ3n) is 6.49. The summed E-state index contributed by atoms with van der Waals surface area (Å²) in [5.41, 5.74) is 6.66. The van der Waals surface area contributed by atoms with E-state index in [0.717, 1.165) is 80.0 Å². The smallest absolute Gasteiger partial charge is 0.124 e. The van der Waals surface area contributed by atoms with Gasteiger partial charge in [0.15, 0.2) is 0 Å². The van der Waals surface area contributed by atoms with Gasteiger partial charge in [0.05, 0.1) is 10.5 Å². The molecule has 7 heteroatoms. The SMILES string of the molecule is CCCC/C(NC)=C(C#N)\C(CCCC)=C(/C)CCC.CCc1cccc(F)c1.NS(=O)c1ccc(CC=O)cc1. The Morgan fingerprint density at radius 1 is 0.976 bits per heavy atom. The quantitative estimate of drug-likeness (QED) is 0.133. The molecule has 0 heterocycles. The van der Waals surface area contributed by atoms with E-state index in [1.165, 1.54) is 23.6 Å². The number of aryl methyl sites for hydroxylation is 1. The summed E-state index contributed by atoms with van der Waals surface area (Å²) < 4.78 is 23.1. The first-order valence-corrected chi connectivity index (χ1v) is 15.9. The molecular formula is C34H50FN3O2S. The lowest BCUT2D eigenvalue weighted by Gasteiger charge is -2.16. The molecule has 0 aromatic heterocycles. The Balaban J connectivity index is 0.000000640. The van der Waals surface area contributed by atoms with Crippen molar-refractivity contribution in [3.8, 4) is 6.07 Å². The van der Waals surface area contributed by atoms with Crippen LogP contribution in [0.15, 0.2) is 75.8 Å². The molecule has 2 aromatic rings. The third-order valence-corrected chi connectivity index (χ3v) is 7.23. The van der Waals surface area contributed by atoms with Crippen LogP contribution in [-0.2, 0) is 28.6 Å². The van der Waals surface area contributed by atoms with Crippen LogP contribution in [0.4, 0.5) is 4.39 Å². The predicted octanol–water partition coefficient (Wildman–Crippen LogP) is 8.28. The molecule has 0 aliphatic carbocycles. The summed E-state index contributed by atoms with van der Waals surface area (Å²) in [6.07, 6.45) is 11.0. The second-order valence-electron chi connectivity index (χ2n) is 9.73. The van der Waals surface area contributed by atoms with E-state index in [2.05, 4.69) is 39.1 Å². The van der Waals surface area contributed by atoms with Crippen molar-refractivity contribution in [2.45, 2.75) is 104 Å². The highest BCUT2D eigenvalue weighted by Gasteiger charge is 2.13. The van der Waals surface area contributed by atoms with Gasteiger partial charge in [0, 0.05) is 19.2 Å². The molecule has 0 amide bonds. The van der Waals surface area contributed by atoms with Gasteiger partial charge in [0.2, 0.25) is 0 Å². The fourth-order valence-electron chi connectivity index (χ4n) is 4.09. The maximum Gasteiger partial charge on any atom is 0.124 e. The number of hydrogen-bond acceptors (Lipinski definition) is 4. The first kappa shape index (κ1) is 37.9. The molecule has 1 atom stereocenters. The number of carbonyl (C=O) groups excluding carboxylic acids is 1. The fraction of sp³-hybridized carbons (Fsp3) is 0.471. The summed E-state index contributed by atoms with van der Waals surface area (Å²) in [6.45, 7) is 10.8. The Kier molecular flexibility index (Phi) is 21.8. The van der Waals surface area contributed by atoms with Gasteiger partial charge in [-0.15, -0.1) is 0 Å². The lowest BCUT2D eigenvalue weighted by atomic mass is 9.91. The summed E-state index contributed by atoms with van der Waals surface area (Å²) in [4.78, 5) is 10.7. The van der Waals surface area contributed by atoms with Gasteiger partial charge in [-0.3, -0.25) is 0 Å². The molecule has 0 aliphatic heterocycles. The Bertz CT molecular complexity index is 1150. The van der Waals surface area contributed by atoms with Crippen LogP contribution in [0.3, 0.4) is 0 Å². The molecule has 3 N–H and O–H groups in total. The Labute approximate surface area is 250 Å². The van der Waals surface area contributed by atoms with Crippen LogP contribution in [0.2, 0.25) is 0 Å². The van der Waals surface area contributed by atoms with Crippen molar-refractivity contribution < 1.29 is 13.4 Å². The van der Waals surface area contributed by atoms with Crippen LogP contribution in [0.5, 0.6) is 0 Å². The van der Waals surface area contributed by atoms with Gasteiger partial charge in [-0.2, -0.15) is 5.26 Å². The normalized spacial score (nSPS) is 12.3. The summed E-state index contributed by atoms with van der Waals surface area (Å²) in [6, 6.07) is 15.9. The second kappa shape index (κ2) is 23.6. The van der Waals surface area contributed by atoms with Crippen molar-refractivity contribution >= 4 is 17.3 Å². The number of nitrogens with one attached hydrogen (secondary N) is 1. The van der Waals surface area contributed by atoms with Crippen molar-refractivity contribution in [2.24, 2.45) is 5.14 Å². The molecule has 0 fully saturated rings. The van der Waals surface area contributed by atoms with Crippen molar-refractivity contribution in [2.75, 3.05) is 7.05 Å². The van der Waals surface area contributed by atoms with E-state index in [-0.39, 0.29) is 5.82 Å². The average molecular weight is 584 g/mol. The third kappa shape index (κ3) is 16.1. The van der Waals surface area contributed by atoms with E-state index >= 15 is 0 Å². The van der Waals surface area contributed by atoms with Gasteiger partial charge in [-0.05, 0) is 86.4 Å². The van der Waals surface area contributed by atoms with E-state index in [1.807, 2.05) is 20.0 Å². The van der Waals surface area contributed by atoms with E-state index < -0.39 is 11.0 Å². The molecule has 0 saturated heterocycles. The first-order valence-electron chi connectivity index (χ1n) is 14.7. The molecule has 2 rings (SSSR count). The van der Waals surface area contributed by atoms with Gasteiger partial charge in [-0.1, -0.05) is 76.8 Å². The van der Waals surface area contributed by atoms with Crippen LogP contribution in [0, 0.1) is 17.1 Å². The topological polar surface area (TPSA) is 96.0 Å². The average Bonchev–Trinajstić information content (AvgIpc) is 2.97. The number of aldehydes is 1. The zero-order chi connectivity index (χ0) is 31.0. The lowest BCUT2D eigenvalue weighted by molar-refractivity contribution is -0.107. The number of benzene rings is 2. The van der Waals surface area contributed by atoms with E-state index in [0.29, 0.717) is 11.3 Å². The van der Waals surface area contributed by atoms with Crippen molar-refractivity contribution in [1.82, 2.24) is 5.32 Å². The predicted molar refractivity (Wildman–Crippen MR) is 171 cm³/mol. The largest absolute Gasteiger partial charge is 0.390 e. The molecule has 0 radical (unpaired) electrons. The second-order valence-corrected chi connectivity index (χ2v) is 10.8. The summed E-state index contributed by atoms with van der Waals surface area (Å²) in [7, 11) is 0.510. The zero-order valence-corrected chi connectivity index (χ0v) is 26.7. The van der Waals surface area contributed by atoms with Crippen LogP contribution < -0.4 is 10.5 Å². The zero-order valence-electron chi connectivity index (χ0n) is 25.9. The number of rotatable bonds is 14. The number of halogens is 1. The van der Waals surface area contributed by atoms with Crippen LogP contribution in [0.25, 0.3) is 0 Å². The van der Waals surface area contributed by atoms with Gasteiger partial charge in [0.25, 0.3) is 0 Å². The van der Waals surface area contributed by atoms with Crippen molar-refractivity contribution in [1.29, 1.82) is 5.26 Å². The van der Waals surface area contributed by atoms with E-state index in [1.54, 1.807) is 36.4 Å². The number of hydrogen-bond donors (Lipinski definition) is 2. The highest BCUT2D eigenvalue weighted by Crippen LogP contribution is 2.27. The van der Waals surface area contributed by atoms with Crippen molar-refractivity contribution in [3.05, 3.63) is 87.9 Å². The highest BCUT2D eigenvalue weighted by atomic mass is 32.2. The molecule has 0 saturated carbocycles. The lowest BCUT2D eigenvalue weighted by Crippen LogP contribution is -2.11. The molecule has 2 aromatic carbocycles. The molecule has 5 nitrogen and oxygen atoms in total. The Morgan fingerprint density at radius 2 is 1.61 bits per heavy atom. The molecule has 1 unspecified atom stereocenters. The summed E-state index contributed by atoms with van der Waals surface area (Å²) >= 11 is 0. The number of unbranched alkanes of at least 4 members (excludes halogenated alkanes) is 2. The van der Waals surface area contributed by atoms with Gasteiger partial charge < -0.3 is 10.1 Å². The number of nitriles is 1. The van der Waals surface area contributed by atoms with Crippen LogP contribution in [0.1, 0.15) is 97.1 Å². The number of allylic oxidation sites excluding steroid dienone is 4. The minimum atomic E-state index is -1.43. The Morgan fingerprint density at radius 3 is 2.05 bits per heavy atom. The molecule has 41 heavy (non-hydrogen) atoms. The minimum Gasteiger partial charge on any atom is -0.390 e. The maximum atomic E-state index is 12.4. The molecule has 0 spiro atoms. The summed E-state index contributed by atoms with van der Waals surface area (Å²) in [5, 5.41) is 18.0. The van der Waals surface area contributed by atoms with Crippen LogP contribution >= 0.6 is 0 Å². The van der Waals surface area contributed by atoms with E-state index in [4.69, 9.17) is 5.14 Å². The monoisotopic (exact) mass is 583 g/mol. The summed E-state index contributed by atoms with van der Waals surface area (Å²) in [5.74, 6) is -0.144. The standard InChI is InChI=1S/C18H32N2.C8H9F.C8H9NO2S/c1-6-9-12-16(15(4)11-8-3)17(14-19)18(20-5)13-10-7-2;1-2-7-4-3-5-8(9)6-7;9-12(11)8-3-1-7(2-4-8)5-6-10/h20H,6-13H2,1-5H3;3-6H,2H2,1H3;1-4,6H,5,9H2/b16-15+,18-17+;;. The highest BCUT2D eigenvalue weighted by molar-refractivity contribution is 7.82. The maximum absolute atomic E-state index is 12.4. The molecule has 226 valence electrons. The van der Waals surface area contributed by atoms with Crippen molar-refractivity contribution in [3.63, 3.8) is 0 Å². The van der Waals surface area contributed by atoms with Gasteiger partial charge in [-0.25, -0.2) is 13.7 Å². The molecule has 0 bridgehead atoms. The molecular weight excluding hydrogens is 533 g/mol. The number of nitrogens with two attached hydrogens (primary N) is 1.